The normalized spacial score (nSPS) is 9.20. The van der Waals surface area contributed by atoms with Crippen LogP contribution in [0.5, 0.6) is 0 Å². The van der Waals surface area contributed by atoms with Gasteiger partial charge >= 0.3 is 0 Å². The number of hydrogen-bond donors (Lipinski definition) is 0. The van der Waals surface area contributed by atoms with Gasteiger partial charge in [-0.05, 0) is 17.6 Å². The van der Waals surface area contributed by atoms with Crippen LogP contribution in [0.15, 0.2) is 30.5 Å². The van der Waals surface area contributed by atoms with Gasteiger partial charge in [0.15, 0.2) is 0 Å². The first-order valence-electron chi connectivity index (χ1n) is 2.76. The Bertz CT molecular complexity index is 288. The average Bonchev–Trinajstić information content (AvgIpc) is 2.33. The summed E-state index contributed by atoms with van der Waals surface area (Å²) >= 11 is 1.54. The summed E-state index contributed by atoms with van der Waals surface area (Å²) in [7, 11) is 0. The van der Waals surface area contributed by atoms with Gasteiger partial charge in [0, 0.05) is 31.1 Å². The van der Waals surface area contributed by atoms with Gasteiger partial charge in [-0.25, -0.2) is 0 Å². The van der Waals surface area contributed by atoms with Gasteiger partial charge in [0.1, 0.15) is 0 Å². The Hall–Kier alpha value is -0.267. The SMILES string of the molecule is [Rh].c1ccc2sncc2c1. The molecule has 0 bridgehead atoms. The second kappa shape index (κ2) is 3.22. The molecule has 0 aliphatic heterocycles. The van der Waals surface area contributed by atoms with Crippen molar-refractivity contribution < 1.29 is 19.5 Å². The Balaban J connectivity index is 0.000000500. The molecule has 0 unspecified atom stereocenters. The molecule has 53 valence electrons. The van der Waals surface area contributed by atoms with Gasteiger partial charge in [-0.1, -0.05) is 18.2 Å². The first kappa shape index (κ1) is 7.84. The summed E-state index contributed by atoms with van der Waals surface area (Å²) in [6.07, 6.45) is 1.89. The molecule has 10 heavy (non-hydrogen) atoms. The van der Waals surface area contributed by atoms with Crippen LogP contribution in [0.1, 0.15) is 0 Å². The summed E-state index contributed by atoms with van der Waals surface area (Å²) in [5.41, 5.74) is 0. The van der Waals surface area contributed by atoms with Crippen LogP contribution in [0.25, 0.3) is 10.1 Å². The van der Waals surface area contributed by atoms with Crippen LogP contribution in [0, 0.1) is 0 Å². The van der Waals surface area contributed by atoms with E-state index in [1.54, 1.807) is 0 Å². The van der Waals surface area contributed by atoms with E-state index in [4.69, 9.17) is 0 Å². The fourth-order valence-electron chi connectivity index (χ4n) is 0.810. The van der Waals surface area contributed by atoms with Crippen LogP contribution >= 0.6 is 11.5 Å². The van der Waals surface area contributed by atoms with Crippen molar-refractivity contribution in [2.24, 2.45) is 0 Å². The summed E-state index contributed by atoms with van der Waals surface area (Å²) in [5.74, 6) is 0. The molecule has 0 spiro atoms. The van der Waals surface area contributed by atoms with Gasteiger partial charge in [-0.2, -0.15) is 4.37 Å². The predicted molar refractivity (Wildman–Crippen MR) is 39.6 cm³/mol. The fraction of sp³-hybridized carbons (Fsp3) is 0. The molecule has 1 nitrogen and oxygen atoms in total. The van der Waals surface area contributed by atoms with Crippen LogP contribution in [0.2, 0.25) is 0 Å². The molecule has 1 aromatic heterocycles. The Kier molecular flexibility index (Phi) is 2.52. The predicted octanol–water partition coefficient (Wildman–Crippen LogP) is 2.29. The third kappa shape index (κ3) is 1.25. The van der Waals surface area contributed by atoms with Gasteiger partial charge in [0.25, 0.3) is 0 Å². The van der Waals surface area contributed by atoms with E-state index in [0.29, 0.717) is 0 Å². The molecule has 1 heterocycles. The number of nitrogens with zero attached hydrogens (tertiary/aromatic N) is 1. The Morgan fingerprint density at radius 1 is 1.20 bits per heavy atom. The van der Waals surface area contributed by atoms with Crippen LogP contribution in [-0.2, 0) is 19.5 Å². The molecule has 0 fully saturated rings. The Morgan fingerprint density at radius 2 is 2.00 bits per heavy atom. The molecule has 0 aliphatic rings. The third-order valence-electron chi connectivity index (χ3n) is 1.26. The number of aromatic nitrogens is 1. The smallest absolute Gasteiger partial charge is 0.0549 e. The minimum atomic E-state index is 0. The van der Waals surface area contributed by atoms with Gasteiger partial charge in [-0.15, -0.1) is 0 Å². The van der Waals surface area contributed by atoms with Crippen molar-refractivity contribution in [3.63, 3.8) is 0 Å². The number of fused-ring (bicyclic) bond motifs is 1. The first-order chi connectivity index (χ1) is 4.47. The molecular weight excluding hydrogens is 233 g/mol. The second-order valence-corrected chi connectivity index (χ2v) is 2.70. The average molecular weight is 238 g/mol. The molecule has 0 saturated carbocycles. The molecule has 0 aliphatic carbocycles. The summed E-state index contributed by atoms with van der Waals surface area (Å²) in [6, 6.07) is 8.20. The zero-order chi connectivity index (χ0) is 6.10. The van der Waals surface area contributed by atoms with Crippen LogP contribution in [0.3, 0.4) is 0 Å². The summed E-state index contributed by atoms with van der Waals surface area (Å²) in [4.78, 5) is 0. The van der Waals surface area contributed by atoms with Gasteiger partial charge in [-0.3, -0.25) is 0 Å². The monoisotopic (exact) mass is 238 g/mol. The van der Waals surface area contributed by atoms with Gasteiger partial charge < -0.3 is 0 Å². The van der Waals surface area contributed by atoms with Crippen molar-refractivity contribution in [3.05, 3.63) is 30.5 Å². The quantitative estimate of drug-likeness (QED) is 0.641. The van der Waals surface area contributed by atoms with Crippen molar-refractivity contribution in [1.82, 2.24) is 4.37 Å². The minimum Gasteiger partial charge on any atom is -0.200 e. The number of rotatable bonds is 0. The Morgan fingerprint density at radius 3 is 2.80 bits per heavy atom. The maximum atomic E-state index is 4.04. The summed E-state index contributed by atoms with van der Waals surface area (Å²) < 4.78 is 5.30. The van der Waals surface area contributed by atoms with E-state index in [9.17, 15) is 0 Å². The van der Waals surface area contributed by atoms with Crippen molar-refractivity contribution in [2.75, 3.05) is 0 Å². The third-order valence-corrected chi connectivity index (χ3v) is 2.04. The molecule has 2 aromatic rings. The van der Waals surface area contributed by atoms with Crippen molar-refractivity contribution in [3.8, 4) is 0 Å². The van der Waals surface area contributed by atoms with E-state index in [1.807, 2.05) is 18.3 Å². The van der Waals surface area contributed by atoms with Gasteiger partial charge in [0.2, 0.25) is 0 Å². The molecule has 0 N–H and O–H groups in total. The number of benzene rings is 1. The Labute approximate surface area is 76.0 Å². The van der Waals surface area contributed by atoms with E-state index >= 15 is 0 Å². The van der Waals surface area contributed by atoms with E-state index in [2.05, 4.69) is 16.5 Å². The molecular formula is C7H5NRhS. The van der Waals surface area contributed by atoms with E-state index in [-0.39, 0.29) is 19.5 Å². The van der Waals surface area contributed by atoms with Gasteiger partial charge in [0.05, 0.1) is 4.70 Å². The van der Waals surface area contributed by atoms with Crippen molar-refractivity contribution in [2.45, 2.75) is 0 Å². The summed E-state index contributed by atoms with van der Waals surface area (Å²) in [6.45, 7) is 0. The molecule has 0 atom stereocenters. The van der Waals surface area contributed by atoms with Crippen molar-refractivity contribution >= 4 is 21.6 Å². The van der Waals surface area contributed by atoms with E-state index in [0.717, 1.165) is 0 Å². The fourth-order valence-corrected chi connectivity index (χ4v) is 1.46. The minimum absolute atomic E-state index is 0. The maximum absolute atomic E-state index is 4.04. The zero-order valence-electron chi connectivity index (χ0n) is 5.08. The zero-order valence-corrected chi connectivity index (χ0v) is 7.53. The summed E-state index contributed by atoms with van der Waals surface area (Å²) in [5, 5.41) is 1.24. The molecule has 1 aromatic carbocycles. The van der Waals surface area contributed by atoms with E-state index in [1.165, 1.54) is 21.6 Å². The van der Waals surface area contributed by atoms with E-state index < -0.39 is 0 Å². The molecule has 0 saturated heterocycles. The first-order valence-corrected chi connectivity index (χ1v) is 3.53. The van der Waals surface area contributed by atoms with Crippen LogP contribution in [-0.4, -0.2) is 4.37 Å². The van der Waals surface area contributed by atoms with Crippen LogP contribution < -0.4 is 0 Å². The van der Waals surface area contributed by atoms with Crippen molar-refractivity contribution in [1.29, 1.82) is 0 Å². The molecule has 0 amide bonds. The molecule has 3 heteroatoms. The molecule has 2 rings (SSSR count). The maximum Gasteiger partial charge on any atom is 0.0549 e. The number of hydrogen-bond acceptors (Lipinski definition) is 2. The molecule has 1 radical (unpaired) electrons. The second-order valence-electron chi connectivity index (χ2n) is 1.86. The topological polar surface area (TPSA) is 12.9 Å². The standard InChI is InChI=1S/C7H5NS.Rh/c1-2-4-7-6(3-1)5-8-9-7;/h1-5H;. The largest absolute Gasteiger partial charge is 0.200 e. The van der Waals surface area contributed by atoms with Crippen LogP contribution in [0.4, 0.5) is 0 Å².